The lowest BCUT2D eigenvalue weighted by Crippen LogP contribution is -1.95. The van der Waals surface area contributed by atoms with E-state index in [0.29, 0.717) is 5.82 Å². The highest BCUT2D eigenvalue weighted by Crippen LogP contribution is 2.14. The Bertz CT molecular complexity index is 281. The van der Waals surface area contributed by atoms with E-state index < -0.39 is 0 Å². The molecule has 1 rings (SSSR count). The summed E-state index contributed by atoms with van der Waals surface area (Å²) >= 11 is 0. The summed E-state index contributed by atoms with van der Waals surface area (Å²) in [5, 5.41) is 0. The Morgan fingerprint density at radius 2 is 2.45 bits per heavy atom. The maximum atomic E-state index is 5.65. The van der Waals surface area contributed by atoms with Crippen LogP contribution in [-0.2, 0) is 0 Å². The second kappa shape index (κ2) is 3.24. The van der Waals surface area contributed by atoms with Gasteiger partial charge in [0.25, 0.3) is 0 Å². The highest BCUT2D eigenvalue weighted by atomic mass is 14.8. The minimum atomic E-state index is 0.600. The Balaban J connectivity index is 3.14. The molecular weight excluding hydrogens is 135 g/mol. The van der Waals surface area contributed by atoms with E-state index in [1.54, 1.807) is 6.20 Å². The first-order chi connectivity index (χ1) is 5.25. The van der Waals surface area contributed by atoms with Crippen LogP contribution >= 0.6 is 0 Å². The topological polar surface area (TPSA) is 38.9 Å². The highest BCUT2D eigenvalue weighted by molar-refractivity contribution is 6.42. The molecular formula is C8H11BN2. The van der Waals surface area contributed by atoms with Crippen LogP contribution in [0.4, 0.5) is 5.82 Å². The smallest absolute Gasteiger partial charge is 0.139 e. The highest BCUT2D eigenvalue weighted by Gasteiger charge is 1.98. The molecule has 0 aromatic carbocycles. The lowest BCUT2D eigenvalue weighted by atomic mass is 9.89. The number of pyridine rings is 1. The molecule has 1 aromatic rings. The van der Waals surface area contributed by atoms with Crippen LogP contribution in [0.2, 0.25) is 0 Å². The van der Waals surface area contributed by atoms with Crippen LogP contribution in [-0.4, -0.2) is 12.8 Å². The summed E-state index contributed by atoms with van der Waals surface area (Å²) in [4.78, 5) is 3.99. The van der Waals surface area contributed by atoms with Gasteiger partial charge in [0, 0.05) is 11.8 Å². The van der Waals surface area contributed by atoms with Crippen molar-refractivity contribution in [3.05, 3.63) is 30.0 Å². The fourth-order valence-electron chi connectivity index (χ4n) is 0.906. The summed E-state index contributed by atoms with van der Waals surface area (Å²) in [5.74, 6) is 0.600. The SMILES string of the molecule is B/C(=C/C)c1cccnc1N. The number of nitrogens with zero attached hydrogens (tertiary/aromatic N) is 1. The van der Waals surface area contributed by atoms with Gasteiger partial charge in [-0.1, -0.05) is 17.6 Å². The van der Waals surface area contributed by atoms with Crippen LogP contribution in [0.5, 0.6) is 0 Å². The molecule has 0 unspecified atom stereocenters. The third-order valence-corrected chi connectivity index (χ3v) is 1.70. The first-order valence-electron chi connectivity index (χ1n) is 3.59. The second-order valence-corrected chi connectivity index (χ2v) is 2.41. The number of aromatic nitrogens is 1. The molecule has 56 valence electrons. The Kier molecular flexibility index (Phi) is 2.31. The number of rotatable bonds is 1. The van der Waals surface area contributed by atoms with Crippen molar-refractivity contribution in [3.63, 3.8) is 0 Å². The summed E-state index contributed by atoms with van der Waals surface area (Å²) in [7, 11) is 2.02. The van der Waals surface area contributed by atoms with Gasteiger partial charge in [-0.15, -0.1) is 0 Å². The Labute approximate surface area is 67.5 Å². The molecule has 0 atom stereocenters. The number of allylic oxidation sites excluding steroid dienone is 1. The van der Waals surface area contributed by atoms with E-state index in [0.717, 1.165) is 11.0 Å². The van der Waals surface area contributed by atoms with E-state index in [9.17, 15) is 0 Å². The van der Waals surface area contributed by atoms with Crippen molar-refractivity contribution in [2.75, 3.05) is 5.73 Å². The van der Waals surface area contributed by atoms with Gasteiger partial charge in [-0.25, -0.2) is 4.98 Å². The predicted molar refractivity (Wildman–Crippen MR) is 50.8 cm³/mol. The maximum absolute atomic E-state index is 5.65. The fraction of sp³-hybridized carbons (Fsp3) is 0.125. The minimum Gasteiger partial charge on any atom is -0.383 e. The van der Waals surface area contributed by atoms with Gasteiger partial charge in [-0.2, -0.15) is 0 Å². The average molecular weight is 146 g/mol. The molecule has 2 N–H and O–H groups in total. The van der Waals surface area contributed by atoms with E-state index in [4.69, 9.17) is 5.73 Å². The summed E-state index contributed by atoms with van der Waals surface area (Å²) in [5.41, 5.74) is 7.83. The van der Waals surface area contributed by atoms with Gasteiger partial charge < -0.3 is 5.73 Å². The fourth-order valence-corrected chi connectivity index (χ4v) is 0.906. The number of nitrogen functional groups attached to an aromatic ring is 1. The average Bonchev–Trinajstić information content (AvgIpc) is 2.04. The predicted octanol–water partition coefficient (Wildman–Crippen LogP) is 0.658. The van der Waals surface area contributed by atoms with Gasteiger partial charge >= 0.3 is 0 Å². The van der Waals surface area contributed by atoms with Crippen molar-refractivity contribution in [1.29, 1.82) is 0 Å². The van der Waals surface area contributed by atoms with E-state index in [1.165, 1.54) is 0 Å². The molecule has 2 nitrogen and oxygen atoms in total. The molecule has 3 heteroatoms. The molecule has 0 aliphatic heterocycles. The largest absolute Gasteiger partial charge is 0.383 e. The molecule has 0 spiro atoms. The summed E-state index contributed by atoms with van der Waals surface area (Å²) < 4.78 is 0. The van der Waals surface area contributed by atoms with Crippen molar-refractivity contribution < 1.29 is 0 Å². The lowest BCUT2D eigenvalue weighted by Gasteiger charge is -2.02. The van der Waals surface area contributed by atoms with Gasteiger partial charge in [0.05, 0.1) is 0 Å². The van der Waals surface area contributed by atoms with Crippen molar-refractivity contribution in [2.24, 2.45) is 0 Å². The van der Waals surface area contributed by atoms with Crippen LogP contribution in [0.25, 0.3) is 5.47 Å². The van der Waals surface area contributed by atoms with Gasteiger partial charge in [0.1, 0.15) is 13.7 Å². The lowest BCUT2D eigenvalue weighted by molar-refractivity contribution is 1.32. The molecule has 0 saturated heterocycles. The summed E-state index contributed by atoms with van der Waals surface area (Å²) in [6.07, 6.45) is 3.72. The Morgan fingerprint density at radius 1 is 1.73 bits per heavy atom. The quantitative estimate of drug-likeness (QED) is 0.591. The standard InChI is InChI=1S/C8H11BN2/c1-2-7(9)6-4-3-5-11-8(6)10/h2-5H,9H2,1H3,(H2,10,11)/b7-2+. The zero-order valence-corrected chi connectivity index (χ0v) is 6.83. The van der Waals surface area contributed by atoms with Gasteiger partial charge in [0.15, 0.2) is 0 Å². The third kappa shape index (κ3) is 1.61. The number of anilines is 1. The normalized spacial score (nSPS) is 11.5. The molecule has 0 saturated carbocycles. The maximum Gasteiger partial charge on any atom is 0.139 e. The molecule has 1 heterocycles. The van der Waals surface area contributed by atoms with Crippen LogP contribution < -0.4 is 5.73 Å². The zero-order chi connectivity index (χ0) is 8.27. The number of nitrogens with two attached hydrogens (primary N) is 1. The molecule has 0 amide bonds. The molecule has 0 aliphatic carbocycles. The second-order valence-electron chi connectivity index (χ2n) is 2.41. The summed E-state index contributed by atoms with van der Waals surface area (Å²) in [6.45, 7) is 1.99. The van der Waals surface area contributed by atoms with Gasteiger partial charge in [0.2, 0.25) is 0 Å². The van der Waals surface area contributed by atoms with Crippen LogP contribution in [0.15, 0.2) is 24.4 Å². The third-order valence-electron chi connectivity index (χ3n) is 1.70. The van der Waals surface area contributed by atoms with E-state index in [1.807, 2.05) is 33.0 Å². The van der Waals surface area contributed by atoms with Crippen LogP contribution in [0.3, 0.4) is 0 Å². The molecule has 0 fully saturated rings. The van der Waals surface area contributed by atoms with Gasteiger partial charge in [-0.3, -0.25) is 0 Å². The van der Waals surface area contributed by atoms with Crippen LogP contribution in [0.1, 0.15) is 12.5 Å². The van der Waals surface area contributed by atoms with Gasteiger partial charge in [-0.05, 0) is 13.0 Å². The van der Waals surface area contributed by atoms with Crippen molar-refractivity contribution in [3.8, 4) is 0 Å². The number of hydrogen-bond acceptors (Lipinski definition) is 2. The molecule has 1 aromatic heterocycles. The van der Waals surface area contributed by atoms with E-state index >= 15 is 0 Å². The van der Waals surface area contributed by atoms with E-state index in [2.05, 4.69) is 4.98 Å². The van der Waals surface area contributed by atoms with Crippen molar-refractivity contribution in [1.82, 2.24) is 4.98 Å². The Morgan fingerprint density at radius 3 is 3.00 bits per heavy atom. The molecule has 0 bridgehead atoms. The molecule has 11 heavy (non-hydrogen) atoms. The van der Waals surface area contributed by atoms with E-state index in [-0.39, 0.29) is 0 Å². The molecule has 0 aliphatic rings. The van der Waals surface area contributed by atoms with Crippen LogP contribution in [0, 0.1) is 0 Å². The first kappa shape index (κ1) is 7.86. The zero-order valence-electron chi connectivity index (χ0n) is 6.83. The minimum absolute atomic E-state index is 0.600. The van der Waals surface area contributed by atoms with Crippen molar-refractivity contribution >= 4 is 19.1 Å². The summed E-state index contributed by atoms with van der Waals surface area (Å²) in [6, 6.07) is 3.86. The number of hydrogen-bond donors (Lipinski definition) is 1. The Hall–Kier alpha value is -1.25. The molecule has 0 radical (unpaired) electrons. The monoisotopic (exact) mass is 146 g/mol. The van der Waals surface area contributed by atoms with Crippen molar-refractivity contribution in [2.45, 2.75) is 6.92 Å². The first-order valence-corrected chi connectivity index (χ1v) is 3.59.